The highest BCUT2D eigenvalue weighted by Gasteiger charge is 2.45. The number of rotatable bonds is 4. The number of hydrogen-bond donors (Lipinski definition) is 1. The van der Waals surface area contributed by atoms with Gasteiger partial charge in [-0.2, -0.15) is 0 Å². The van der Waals surface area contributed by atoms with Crippen LogP contribution in [-0.4, -0.2) is 66.6 Å². The molecule has 1 N–H and O–H groups in total. The average molecular weight is 359 g/mol. The van der Waals surface area contributed by atoms with E-state index in [4.69, 9.17) is 4.52 Å². The van der Waals surface area contributed by atoms with Crippen LogP contribution in [0.25, 0.3) is 0 Å². The fourth-order valence-electron chi connectivity index (χ4n) is 3.49. The van der Waals surface area contributed by atoms with E-state index < -0.39 is 7.52 Å². The average Bonchev–Trinajstić information content (AvgIpc) is 2.52. The Morgan fingerprint density at radius 2 is 1.54 bits per heavy atom. The third-order valence-electron chi connectivity index (χ3n) is 5.01. The molecule has 0 spiro atoms. The van der Waals surface area contributed by atoms with Crippen molar-refractivity contribution in [2.24, 2.45) is 5.41 Å². The first-order valence-electron chi connectivity index (χ1n) is 9.48. The van der Waals surface area contributed by atoms with Crippen LogP contribution in [0, 0.1) is 5.41 Å². The van der Waals surface area contributed by atoms with Gasteiger partial charge in [-0.15, -0.1) is 0 Å². The Hall–Kier alpha value is 0.0700. The van der Waals surface area contributed by atoms with Crippen molar-refractivity contribution in [3.05, 3.63) is 0 Å². The van der Waals surface area contributed by atoms with Crippen LogP contribution in [0.1, 0.15) is 54.4 Å². The highest BCUT2D eigenvalue weighted by Crippen LogP contribution is 2.62. The van der Waals surface area contributed by atoms with Gasteiger partial charge in [0, 0.05) is 32.2 Å². The topological polar surface area (TPSA) is 44.8 Å². The van der Waals surface area contributed by atoms with Crippen LogP contribution in [0.4, 0.5) is 0 Å². The summed E-state index contributed by atoms with van der Waals surface area (Å²) in [6.07, 6.45) is 2.47. The molecule has 0 aromatic heterocycles. The van der Waals surface area contributed by atoms with Crippen LogP contribution < -0.4 is 5.32 Å². The van der Waals surface area contributed by atoms with Gasteiger partial charge in [0.1, 0.15) is 0 Å². The summed E-state index contributed by atoms with van der Waals surface area (Å²) in [5.74, 6) is 0. The van der Waals surface area contributed by atoms with E-state index in [1.165, 1.54) is 12.8 Å². The van der Waals surface area contributed by atoms with Crippen LogP contribution >= 0.6 is 7.52 Å². The van der Waals surface area contributed by atoms with E-state index in [1.54, 1.807) is 0 Å². The molecule has 2 aliphatic rings. The molecule has 0 amide bonds. The molecule has 1 atom stereocenters. The molecule has 0 bridgehead atoms. The normalized spacial score (nSPS) is 25.6. The van der Waals surface area contributed by atoms with E-state index >= 15 is 0 Å². The van der Waals surface area contributed by atoms with Gasteiger partial charge in [0.05, 0.1) is 11.8 Å². The molecular formula is C18H38N3O2P. The van der Waals surface area contributed by atoms with Crippen molar-refractivity contribution in [2.75, 3.05) is 45.9 Å². The molecule has 2 heterocycles. The summed E-state index contributed by atoms with van der Waals surface area (Å²) < 4.78 is 22.1. The zero-order chi connectivity index (χ0) is 18.0. The Labute approximate surface area is 149 Å². The summed E-state index contributed by atoms with van der Waals surface area (Å²) in [7, 11) is -2.85. The molecule has 6 heteroatoms. The van der Waals surface area contributed by atoms with Crippen LogP contribution in [0.5, 0.6) is 0 Å². The number of nitrogens with one attached hydrogen (secondary N) is 1. The molecule has 0 aromatic rings. The minimum Gasteiger partial charge on any atom is -0.317 e. The molecule has 0 aliphatic carbocycles. The third kappa shape index (κ3) is 5.04. The Morgan fingerprint density at radius 3 is 2.00 bits per heavy atom. The van der Waals surface area contributed by atoms with Gasteiger partial charge in [0.2, 0.25) is 0 Å². The maximum Gasteiger partial charge on any atom is 0.277 e. The lowest BCUT2D eigenvalue weighted by atomic mass is 9.99. The first-order chi connectivity index (χ1) is 11.0. The third-order valence-corrected chi connectivity index (χ3v) is 8.33. The summed E-state index contributed by atoms with van der Waals surface area (Å²) in [6, 6.07) is 0.693. The maximum absolute atomic E-state index is 13.8. The number of hydrogen-bond acceptors (Lipinski definition) is 4. The summed E-state index contributed by atoms with van der Waals surface area (Å²) in [5, 5.41) is 3.08. The van der Waals surface area contributed by atoms with Crippen LogP contribution in [0.3, 0.4) is 0 Å². The summed E-state index contributed by atoms with van der Waals surface area (Å²) in [5.41, 5.74) is 0.0256. The van der Waals surface area contributed by atoms with Gasteiger partial charge in [-0.05, 0) is 52.1 Å². The highest BCUT2D eigenvalue weighted by molar-refractivity contribution is 7.58. The molecule has 2 rings (SSSR count). The van der Waals surface area contributed by atoms with Crippen molar-refractivity contribution in [1.29, 1.82) is 0 Å². The largest absolute Gasteiger partial charge is 0.317 e. The molecule has 2 fully saturated rings. The Balaban J connectivity index is 2.00. The standard InChI is InChI=1S/C18H38N3O2P/c1-17(2,3)15-23-24(22,18(4,5)6)21-13-11-20(12-14-21)16-7-9-19-10-8-16/h16,19H,7-15H2,1-6H3. The lowest BCUT2D eigenvalue weighted by Crippen LogP contribution is -2.53. The van der Waals surface area contributed by atoms with Gasteiger partial charge in [-0.25, -0.2) is 4.67 Å². The van der Waals surface area contributed by atoms with Gasteiger partial charge >= 0.3 is 0 Å². The second-order valence-corrected chi connectivity index (χ2v) is 12.7. The zero-order valence-corrected chi connectivity index (χ0v) is 17.5. The van der Waals surface area contributed by atoms with Crippen molar-refractivity contribution >= 4 is 7.52 Å². The monoisotopic (exact) mass is 359 g/mol. The molecule has 142 valence electrons. The minimum atomic E-state index is -2.85. The van der Waals surface area contributed by atoms with Gasteiger partial charge < -0.3 is 9.84 Å². The fraction of sp³-hybridized carbons (Fsp3) is 1.00. The van der Waals surface area contributed by atoms with Gasteiger partial charge in [-0.3, -0.25) is 9.46 Å². The molecule has 2 aliphatic heterocycles. The lowest BCUT2D eigenvalue weighted by Gasteiger charge is -2.46. The van der Waals surface area contributed by atoms with Gasteiger partial charge in [0.25, 0.3) is 7.52 Å². The van der Waals surface area contributed by atoms with E-state index in [0.29, 0.717) is 12.6 Å². The van der Waals surface area contributed by atoms with E-state index in [9.17, 15) is 4.57 Å². The molecule has 2 saturated heterocycles. The summed E-state index contributed by atoms with van der Waals surface area (Å²) in [4.78, 5) is 2.59. The Kier molecular flexibility index (Phi) is 6.58. The van der Waals surface area contributed by atoms with Crippen LogP contribution in [-0.2, 0) is 9.09 Å². The zero-order valence-electron chi connectivity index (χ0n) is 16.6. The fourth-order valence-corrected chi connectivity index (χ4v) is 6.16. The van der Waals surface area contributed by atoms with E-state index in [0.717, 1.165) is 39.3 Å². The number of piperidine rings is 1. The molecule has 5 nitrogen and oxygen atoms in total. The maximum atomic E-state index is 13.8. The lowest BCUT2D eigenvalue weighted by molar-refractivity contribution is 0.0978. The Bertz CT molecular complexity index is 442. The van der Waals surface area contributed by atoms with E-state index in [-0.39, 0.29) is 10.6 Å². The van der Waals surface area contributed by atoms with Crippen molar-refractivity contribution in [3.8, 4) is 0 Å². The predicted molar refractivity (Wildman–Crippen MR) is 102 cm³/mol. The quantitative estimate of drug-likeness (QED) is 0.780. The van der Waals surface area contributed by atoms with E-state index in [1.807, 2.05) is 0 Å². The highest BCUT2D eigenvalue weighted by atomic mass is 31.2. The second-order valence-electron chi connectivity index (χ2n) is 9.50. The van der Waals surface area contributed by atoms with Crippen molar-refractivity contribution in [1.82, 2.24) is 14.9 Å². The number of nitrogens with zero attached hydrogens (tertiary/aromatic N) is 2. The van der Waals surface area contributed by atoms with E-state index in [2.05, 4.69) is 56.4 Å². The molecule has 1 unspecified atom stereocenters. The summed E-state index contributed by atoms with van der Waals surface area (Å²) in [6.45, 7) is 19.1. The first-order valence-corrected chi connectivity index (χ1v) is 11.1. The first kappa shape index (κ1) is 20.4. The van der Waals surface area contributed by atoms with Crippen molar-refractivity contribution in [3.63, 3.8) is 0 Å². The van der Waals surface area contributed by atoms with Crippen LogP contribution in [0.15, 0.2) is 0 Å². The molecule has 0 aromatic carbocycles. The smallest absolute Gasteiger partial charge is 0.277 e. The Morgan fingerprint density at radius 1 is 1.00 bits per heavy atom. The predicted octanol–water partition coefficient (Wildman–Crippen LogP) is 3.41. The molecular weight excluding hydrogens is 321 g/mol. The molecule has 0 saturated carbocycles. The van der Waals surface area contributed by atoms with Crippen LogP contribution in [0.2, 0.25) is 0 Å². The SMILES string of the molecule is CC(C)(C)COP(=O)(N1CCN(C2CCNCC2)CC1)C(C)(C)C. The second kappa shape index (κ2) is 7.75. The van der Waals surface area contributed by atoms with Crippen molar-refractivity contribution < 1.29 is 9.09 Å². The summed E-state index contributed by atoms with van der Waals surface area (Å²) >= 11 is 0. The molecule has 24 heavy (non-hydrogen) atoms. The minimum absolute atomic E-state index is 0.0256. The molecule has 0 radical (unpaired) electrons. The van der Waals surface area contributed by atoms with Crippen molar-refractivity contribution in [2.45, 2.75) is 65.6 Å². The van der Waals surface area contributed by atoms with Gasteiger partial charge in [-0.1, -0.05) is 20.8 Å². The van der Waals surface area contributed by atoms with Gasteiger partial charge in [0.15, 0.2) is 0 Å². The number of piperazine rings is 1.